The van der Waals surface area contributed by atoms with E-state index >= 15 is 0 Å². The SMILES string of the molecule is CC(C)OC(=O)CSc1nc2cc(C(=O)NC(Cc3cnc[nH]3)C(N)=O)ccc2n1CCc1c[nH]c2ccccc12. The minimum absolute atomic E-state index is 0.107. The molecule has 1 unspecified atom stereocenters. The largest absolute Gasteiger partial charge is 0.462 e. The summed E-state index contributed by atoms with van der Waals surface area (Å²) in [6.45, 7) is 4.23. The first-order valence-corrected chi connectivity index (χ1v) is 14.2. The second kappa shape index (κ2) is 12.3. The predicted octanol–water partition coefficient (Wildman–Crippen LogP) is 3.35. The van der Waals surface area contributed by atoms with Gasteiger partial charge in [0.25, 0.3) is 5.91 Å². The van der Waals surface area contributed by atoms with Gasteiger partial charge in [-0.15, -0.1) is 0 Å². The quantitative estimate of drug-likeness (QED) is 0.131. The van der Waals surface area contributed by atoms with Crippen LogP contribution in [0.5, 0.6) is 0 Å². The van der Waals surface area contributed by atoms with Crippen LogP contribution in [0.2, 0.25) is 0 Å². The summed E-state index contributed by atoms with van der Waals surface area (Å²) >= 11 is 1.29. The number of H-pyrrole nitrogens is 2. The van der Waals surface area contributed by atoms with E-state index in [9.17, 15) is 14.4 Å². The number of rotatable bonds is 12. The third kappa shape index (κ3) is 6.60. The Morgan fingerprint density at radius 3 is 2.73 bits per heavy atom. The summed E-state index contributed by atoms with van der Waals surface area (Å²) in [5.41, 5.74) is 10.2. The zero-order valence-corrected chi connectivity index (χ0v) is 23.5. The fourth-order valence-corrected chi connectivity index (χ4v) is 5.47. The molecule has 0 radical (unpaired) electrons. The second-order valence-electron chi connectivity index (χ2n) is 9.90. The molecule has 3 heterocycles. The molecular weight excluding hydrogens is 542 g/mol. The maximum absolute atomic E-state index is 13.1. The van der Waals surface area contributed by atoms with Crippen LogP contribution in [-0.4, -0.2) is 60.2 Å². The summed E-state index contributed by atoms with van der Waals surface area (Å²) < 4.78 is 7.35. The number of nitrogens with zero attached hydrogens (tertiary/aromatic N) is 3. The van der Waals surface area contributed by atoms with Crippen LogP contribution in [0.3, 0.4) is 0 Å². The average Bonchev–Trinajstić information content (AvgIpc) is 3.68. The molecule has 0 aliphatic rings. The number of benzene rings is 2. The molecule has 0 aliphatic heterocycles. The Morgan fingerprint density at radius 1 is 1.15 bits per heavy atom. The minimum atomic E-state index is -0.912. The number of para-hydroxylation sites is 1. The van der Waals surface area contributed by atoms with Gasteiger partial charge in [0.05, 0.1) is 29.2 Å². The number of fused-ring (bicyclic) bond motifs is 2. The van der Waals surface area contributed by atoms with Crippen LogP contribution in [0.1, 0.15) is 35.5 Å². The zero-order chi connectivity index (χ0) is 28.9. The molecule has 0 fully saturated rings. The average molecular weight is 574 g/mol. The molecule has 0 aliphatic carbocycles. The zero-order valence-electron chi connectivity index (χ0n) is 22.7. The summed E-state index contributed by atoms with van der Waals surface area (Å²) in [4.78, 5) is 52.3. The van der Waals surface area contributed by atoms with Crippen molar-refractivity contribution in [1.82, 2.24) is 29.8 Å². The van der Waals surface area contributed by atoms with Gasteiger partial charge in [0.1, 0.15) is 6.04 Å². The Labute approximate surface area is 240 Å². The van der Waals surface area contributed by atoms with E-state index in [4.69, 9.17) is 15.5 Å². The van der Waals surface area contributed by atoms with Crippen molar-refractivity contribution in [2.45, 2.75) is 50.5 Å². The number of aryl methyl sites for hydroxylation is 2. The summed E-state index contributed by atoms with van der Waals surface area (Å²) in [7, 11) is 0. The van der Waals surface area contributed by atoms with Gasteiger partial charge in [-0.2, -0.15) is 0 Å². The molecule has 3 aromatic heterocycles. The van der Waals surface area contributed by atoms with Gasteiger partial charge < -0.3 is 30.3 Å². The van der Waals surface area contributed by atoms with Crippen LogP contribution in [-0.2, 0) is 33.7 Å². The van der Waals surface area contributed by atoms with Gasteiger partial charge in [-0.25, -0.2) is 9.97 Å². The lowest BCUT2D eigenvalue weighted by molar-refractivity contribution is -0.144. The van der Waals surface area contributed by atoms with Gasteiger partial charge >= 0.3 is 5.97 Å². The molecule has 5 N–H and O–H groups in total. The summed E-state index contributed by atoms with van der Waals surface area (Å²) in [6.07, 6.45) is 5.80. The number of nitrogens with one attached hydrogen (secondary N) is 3. The van der Waals surface area contributed by atoms with E-state index in [1.807, 2.05) is 44.3 Å². The van der Waals surface area contributed by atoms with Crippen molar-refractivity contribution in [3.05, 3.63) is 78.0 Å². The lowest BCUT2D eigenvalue weighted by Gasteiger charge is -2.14. The topological polar surface area (TPSA) is 161 Å². The van der Waals surface area contributed by atoms with E-state index in [2.05, 4.69) is 30.9 Å². The Hall–Kier alpha value is -4.58. The number of hydrogen-bond acceptors (Lipinski definition) is 7. The number of ether oxygens (including phenoxy) is 1. The van der Waals surface area contributed by atoms with Crippen LogP contribution in [0.15, 0.2) is 66.3 Å². The molecular formula is C29H31N7O4S. The lowest BCUT2D eigenvalue weighted by atomic mass is 10.1. The van der Waals surface area contributed by atoms with Crippen LogP contribution in [0, 0.1) is 0 Å². The smallest absolute Gasteiger partial charge is 0.316 e. The first-order chi connectivity index (χ1) is 19.8. The first-order valence-electron chi connectivity index (χ1n) is 13.2. The number of primary amides is 1. The van der Waals surface area contributed by atoms with Crippen LogP contribution < -0.4 is 11.1 Å². The Morgan fingerprint density at radius 2 is 1.98 bits per heavy atom. The number of nitrogens with two attached hydrogens (primary N) is 1. The summed E-state index contributed by atoms with van der Waals surface area (Å²) in [6, 6.07) is 12.4. The number of aromatic nitrogens is 5. The van der Waals surface area contributed by atoms with Gasteiger partial charge in [0.2, 0.25) is 5.91 Å². The van der Waals surface area contributed by atoms with Gasteiger partial charge in [0, 0.05) is 47.5 Å². The van der Waals surface area contributed by atoms with Gasteiger partial charge in [-0.1, -0.05) is 30.0 Å². The number of carbonyl (C=O) groups is 3. The van der Waals surface area contributed by atoms with Crippen molar-refractivity contribution in [3.8, 4) is 0 Å². The summed E-state index contributed by atoms with van der Waals surface area (Å²) in [5.74, 6) is -1.31. The van der Waals surface area contributed by atoms with Crippen molar-refractivity contribution in [2.75, 3.05) is 5.75 Å². The van der Waals surface area contributed by atoms with Crippen molar-refractivity contribution in [1.29, 1.82) is 0 Å². The first kappa shape index (κ1) is 28.0. The van der Waals surface area contributed by atoms with Gasteiger partial charge in [-0.05, 0) is 50.1 Å². The van der Waals surface area contributed by atoms with Crippen LogP contribution in [0.25, 0.3) is 21.9 Å². The molecule has 5 aromatic rings. The molecule has 212 valence electrons. The number of carbonyl (C=O) groups excluding carboxylic acids is 3. The monoisotopic (exact) mass is 573 g/mol. The maximum atomic E-state index is 13.1. The highest BCUT2D eigenvalue weighted by Crippen LogP contribution is 2.27. The molecule has 11 nitrogen and oxygen atoms in total. The third-order valence-electron chi connectivity index (χ3n) is 6.57. The lowest BCUT2D eigenvalue weighted by Crippen LogP contribution is -2.45. The predicted molar refractivity (Wildman–Crippen MR) is 156 cm³/mol. The van der Waals surface area contributed by atoms with E-state index in [-0.39, 0.29) is 24.2 Å². The Balaban J connectivity index is 1.40. The van der Waals surface area contributed by atoms with Crippen LogP contribution in [0.4, 0.5) is 0 Å². The molecule has 12 heteroatoms. The maximum Gasteiger partial charge on any atom is 0.316 e. The second-order valence-corrected chi connectivity index (χ2v) is 10.8. The highest BCUT2D eigenvalue weighted by atomic mass is 32.2. The van der Waals surface area contributed by atoms with E-state index in [1.165, 1.54) is 23.7 Å². The number of thioether (sulfide) groups is 1. The molecule has 1 atom stereocenters. The molecule has 5 rings (SSSR count). The molecule has 2 aromatic carbocycles. The molecule has 0 bridgehead atoms. The number of esters is 1. The van der Waals surface area contributed by atoms with E-state index in [0.717, 1.165) is 22.8 Å². The molecule has 0 spiro atoms. The Bertz CT molecular complexity index is 1690. The molecule has 0 saturated heterocycles. The fraction of sp³-hybridized carbons (Fsp3) is 0.276. The molecule has 41 heavy (non-hydrogen) atoms. The molecule has 2 amide bonds. The fourth-order valence-electron chi connectivity index (χ4n) is 4.65. The number of aromatic amines is 2. The van der Waals surface area contributed by atoms with E-state index in [0.29, 0.717) is 28.5 Å². The van der Waals surface area contributed by atoms with Crippen LogP contribution >= 0.6 is 11.8 Å². The van der Waals surface area contributed by atoms with Crippen molar-refractivity contribution in [2.24, 2.45) is 5.73 Å². The standard InChI is InChI=1S/C29H31N7O4S/c1-17(2)40-26(37)15-41-29-35-23-11-18(28(39)34-24(27(30)38)12-20-14-31-16-33-20)7-8-25(23)36(29)10-9-19-13-32-22-6-4-3-5-21(19)22/h3-8,11,13-14,16-17,24,32H,9-10,12,15H2,1-2H3,(H2,30,38)(H,31,33)(H,34,39). The minimum Gasteiger partial charge on any atom is -0.462 e. The number of amides is 2. The van der Waals surface area contributed by atoms with Crippen molar-refractivity contribution >= 4 is 51.5 Å². The number of hydrogen-bond donors (Lipinski definition) is 4. The van der Waals surface area contributed by atoms with Crippen molar-refractivity contribution < 1.29 is 19.1 Å². The molecule has 0 saturated carbocycles. The number of imidazole rings is 2. The van der Waals surface area contributed by atoms with E-state index < -0.39 is 17.9 Å². The normalized spacial score (nSPS) is 12.2. The van der Waals surface area contributed by atoms with E-state index in [1.54, 1.807) is 18.3 Å². The third-order valence-corrected chi connectivity index (χ3v) is 7.52. The van der Waals surface area contributed by atoms with Gasteiger partial charge in [0.15, 0.2) is 5.16 Å². The van der Waals surface area contributed by atoms with Crippen molar-refractivity contribution in [3.63, 3.8) is 0 Å². The highest BCUT2D eigenvalue weighted by Gasteiger charge is 2.22. The Kier molecular flexibility index (Phi) is 8.39. The van der Waals surface area contributed by atoms with Gasteiger partial charge in [-0.3, -0.25) is 14.4 Å². The summed E-state index contributed by atoms with van der Waals surface area (Å²) in [5, 5.41) is 4.51. The highest BCUT2D eigenvalue weighted by molar-refractivity contribution is 7.99.